The van der Waals surface area contributed by atoms with Crippen LogP contribution < -0.4 is 0 Å². The first-order valence-corrected chi connectivity index (χ1v) is 11.4. The number of epoxide rings is 1. The van der Waals surface area contributed by atoms with Gasteiger partial charge in [0.2, 0.25) is 0 Å². The van der Waals surface area contributed by atoms with Gasteiger partial charge in [-0.15, -0.1) is 0 Å². The minimum atomic E-state index is -2.20. The molecule has 6 heteroatoms. The van der Waals surface area contributed by atoms with Gasteiger partial charge in [0.1, 0.15) is 18.3 Å². The Morgan fingerprint density at radius 3 is 2.50 bits per heavy atom. The third-order valence-electron chi connectivity index (χ3n) is 5.12. The van der Waals surface area contributed by atoms with Crippen molar-refractivity contribution < 1.29 is 23.9 Å². The van der Waals surface area contributed by atoms with E-state index in [1.54, 1.807) is 6.08 Å². The minimum Gasteiger partial charge on any atom is -0.478 e. The van der Waals surface area contributed by atoms with E-state index in [2.05, 4.69) is 33.9 Å². The standard InChI is InChI=1S/C18H28O5Si/c1-7-8-9-10-11-12(17(20)21)14(16-15(22-16)13(11)19)23-24(5,6)18(2,3)4/h9-10,14-16H,7-8H2,1-6H3,(H,20,21)/b10-9+/t14-,15-,16+/m1/s1. The largest absolute Gasteiger partial charge is 0.478 e. The first kappa shape index (κ1) is 19.1. The van der Waals surface area contributed by atoms with Gasteiger partial charge < -0.3 is 14.3 Å². The van der Waals surface area contributed by atoms with Gasteiger partial charge in [0.05, 0.1) is 5.57 Å². The summed E-state index contributed by atoms with van der Waals surface area (Å²) in [6.45, 7) is 12.5. The van der Waals surface area contributed by atoms with Crippen LogP contribution in [0.2, 0.25) is 18.1 Å². The molecular formula is C18H28O5Si. The molecule has 0 saturated carbocycles. The molecule has 0 bridgehead atoms. The zero-order chi connectivity index (χ0) is 18.3. The first-order chi connectivity index (χ1) is 11.0. The summed E-state index contributed by atoms with van der Waals surface area (Å²) < 4.78 is 11.8. The Morgan fingerprint density at radius 2 is 2.00 bits per heavy atom. The van der Waals surface area contributed by atoms with Crippen molar-refractivity contribution in [2.75, 3.05) is 0 Å². The third-order valence-corrected chi connectivity index (χ3v) is 9.58. The van der Waals surface area contributed by atoms with Crippen LogP contribution in [-0.4, -0.2) is 43.5 Å². The van der Waals surface area contributed by atoms with Crippen LogP contribution in [0.4, 0.5) is 0 Å². The van der Waals surface area contributed by atoms with Gasteiger partial charge in [0.25, 0.3) is 0 Å². The number of aliphatic carboxylic acids is 1. The second-order valence-corrected chi connectivity index (χ2v) is 12.8. The number of hydrogen-bond donors (Lipinski definition) is 1. The van der Waals surface area contributed by atoms with Gasteiger partial charge in [-0.1, -0.05) is 46.3 Å². The average molecular weight is 353 g/mol. The molecule has 3 atom stereocenters. The number of carbonyl (C=O) groups is 2. The summed E-state index contributed by atoms with van der Waals surface area (Å²) in [4.78, 5) is 24.3. The van der Waals surface area contributed by atoms with Gasteiger partial charge in [0, 0.05) is 5.57 Å². The van der Waals surface area contributed by atoms with Crippen LogP contribution in [-0.2, 0) is 18.8 Å². The van der Waals surface area contributed by atoms with Crippen molar-refractivity contribution in [2.24, 2.45) is 0 Å². The van der Waals surface area contributed by atoms with Gasteiger partial charge in [0.15, 0.2) is 14.1 Å². The molecule has 0 amide bonds. The second-order valence-electron chi connectivity index (χ2n) is 8.01. The number of hydrogen-bond acceptors (Lipinski definition) is 4. The smallest absolute Gasteiger partial charge is 0.335 e. The highest BCUT2D eigenvalue weighted by atomic mass is 28.4. The summed E-state index contributed by atoms with van der Waals surface area (Å²) in [5, 5.41) is 9.67. The van der Waals surface area contributed by atoms with Crippen molar-refractivity contribution in [2.45, 2.75) is 77.0 Å². The van der Waals surface area contributed by atoms with E-state index in [4.69, 9.17) is 9.16 Å². The molecule has 134 valence electrons. The summed E-state index contributed by atoms with van der Waals surface area (Å²) >= 11 is 0. The summed E-state index contributed by atoms with van der Waals surface area (Å²) in [6.07, 6.45) is 3.54. The van der Waals surface area contributed by atoms with Gasteiger partial charge in [-0.2, -0.15) is 0 Å². The monoisotopic (exact) mass is 352 g/mol. The molecule has 1 saturated heterocycles. The number of rotatable bonds is 6. The molecule has 1 fully saturated rings. The Morgan fingerprint density at radius 1 is 1.38 bits per heavy atom. The molecule has 5 nitrogen and oxygen atoms in total. The van der Waals surface area contributed by atoms with E-state index in [-0.39, 0.29) is 22.0 Å². The first-order valence-electron chi connectivity index (χ1n) is 8.52. The maximum atomic E-state index is 12.4. The van der Waals surface area contributed by atoms with Crippen LogP contribution in [0.15, 0.2) is 23.3 Å². The Hall–Kier alpha value is -1.24. The molecule has 1 aliphatic carbocycles. The van der Waals surface area contributed by atoms with Gasteiger partial charge in [-0.05, 0) is 24.6 Å². The van der Waals surface area contributed by atoms with Gasteiger partial charge in [-0.3, -0.25) is 4.79 Å². The van der Waals surface area contributed by atoms with Gasteiger partial charge >= 0.3 is 5.97 Å². The average Bonchev–Trinajstić information content (AvgIpc) is 3.22. The number of carbonyl (C=O) groups excluding carboxylic acids is 1. The van der Waals surface area contributed by atoms with Crippen molar-refractivity contribution in [1.29, 1.82) is 0 Å². The van der Waals surface area contributed by atoms with E-state index in [1.165, 1.54) is 0 Å². The summed E-state index contributed by atoms with van der Waals surface area (Å²) in [7, 11) is -2.20. The fourth-order valence-electron chi connectivity index (χ4n) is 2.57. The molecule has 1 heterocycles. The number of Topliss-reactive ketones (excluding diaryl/α,β-unsaturated/α-hetero) is 1. The highest BCUT2D eigenvalue weighted by Gasteiger charge is 2.59. The molecule has 0 unspecified atom stereocenters. The molecule has 0 radical (unpaired) electrons. The maximum Gasteiger partial charge on any atom is 0.335 e. The van der Waals surface area contributed by atoms with E-state index >= 15 is 0 Å². The molecule has 0 spiro atoms. The zero-order valence-electron chi connectivity index (χ0n) is 15.4. The van der Waals surface area contributed by atoms with Crippen molar-refractivity contribution in [3.63, 3.8) is 0 Å². The Labute approximate surface area is 144 Å². The number of fused-ring (bicyclic) bond motifs is 1. The molecule has 1 N–H and O–H groups in total. The Bertz CT molecular complexity index is 597. The fraction of sp³-hybridized carbons (Fsp3) is 0.667. The van der Waals surface area contributed by atoms with Crippen molar-refractivity contribution in [3.05, 3.63) is 23.3 Å². The van der Waals surface area contributed by atoms with E-state index < -0.39 is 32.6 Å². The van der Waals surface area contributed by atoms with Crippen LogP contribution >= 0.6 is 0 Å². The van der Waals surface area contributed by atoms with Gasteiger partial charge in [-0.25, -0.2) is 4.79 Å². The topological polar surface area (TPSA) is 76.1 Å². The summed E-state index contributed by atoms with van der Waals surface area (Å²) in [6, 6.07) is 0. The van der Waals surface area contributed by atoms with E-state index in [1.807, 2.05) is 13.0 Å². The number of ether oxygens (including phenoxy) is 1. The molecule has 2 aliphatic rings. The molecule has 24 heavy (non-hydrogen) atoms. The van der Waals surface area contributed by atoms with Crippen LogP contribution in [0.1, 0.15) is 40.5 Å². The molecule has 0 aromatic heterocycles. The second kappa shape index (κ2) is 6.58. The van der Waals surface area contributed by atoms with Crippen LogP contribution in [0.25, 0.3) is 0 Å². The van der Waals surface area contributed by atoms with Crippen molar-refractivity contribution in [3.8, 4) is 0 Å². The fourth-order valence-corrected chi connectivity index (χ4v) is 3.81. The Balaban J connectivity index is 2.42. The predicted octanol–water partition coefficient (Wildman–Crippen LogP) is 3.46. The zero-order valence-corrected chi connectivity index (χ0v) is 16.4. The van der Waals surface area contributed by atoms with Crippen LogP contribution in [0.5, 0.6) is 0 Å². The number of carboxylic acids is 1. The quantitative estimate of drug-likeness (QED) is 0.585. The molecule has 0 aromatic rings. The SMILES string of the molecule is CCC/C=C/C1=C(C(=O)O)[C@@H](O[Si](C)(C)C(C)(C)C)[C@@H]2O[C@@H]2C1=O. The highest BCUT2D eigenvalue weighted by molar-refractivity contribution is 6.74. The molecular weight excluding hydrogens is 324 g/mol. The van der Waals surface area contributed by atoms with E-state index in [0.717, 1.165) is 12.8 Å². The molecule has 1 aliphatic heterocycles. The number of unbranched alkanes of at least 4 members (excludes halogenated alkanes) is 1. The lowest BCUT2D eigenvalue weighted by molar-refractivity contribution is -0.134. The number of ketones is 1. The minimum absolute atomic E-state index is 0.0518. The van der Waals surface area contributed by atoms with Crippen LogP contribution in [0, 0.1) is 0 Å². The third kappa shape index (κ3) is 3.55. The molecule has 2 rings (SSSR count). The summed E-state index contributed by atoms with van der Waals surface area (Å²) in [5.41, 5.74) is 0.286. The lowest BCUT2D eigenvalue weighted by atomic mass is 9.88. The normalized spacial score (nSPS) is 27.6. The lowest BCUT2D eigenvalue weighted by Crippen LogP contribution is -2.48. The predicted molar refractivity (Wildman–Crippen MR) is 94.4 cm³/mol. The van der Waals surface area contributed by atoms with Crippen LogP contribution in [0.3, 0.4) is 0 Å². The Kier molecular flexibility index (Phi) is 5.23. The molecule has 0 aromatic carbocycles. The number of allylic oxidation sites excluding steroid dienone is 2. The summed E-state index contributed by atoms with van der Waals surface area (Å²) in [5.74, 6) is -1.34. The van der Waals surface area contributed by atoms with E-state index in [0.29, 0.717) is 0 Å². The maximum absolute atomic E-state index is 12.4. The number of carboxylic acid groups (broad SMARTS) is 1. The lowest BCUT2D eigenvalue weighted by Gasteiger charge is -2.39. The van der Waals surface area contributed by atoms with Crippen molar-refractivity contribution in [1.82, 2.24) is 0 Å². The van der Waals surface area contributed by atoms with E-state index in [9.17, 15) is 14.7 Å². The van der Waals surface area contributed by atoms with Crippen molar-refractivity contribution >= 4 is 20.1 Å². The highest BCUT2D eigenvalue weighted by Crippen LogP contribution is 2.45.